The summed E-state index contributed by atoms with van der Waals surface area (Å²) < 4.78 is 36.8. The number of halogens is 4. The number of rotatable bonds is 3. The molecule has 1 aromatic rings. The summed E-state index contributed by atoms with van der Waals surface area (Å²) >= 11 is 2.95. The van der Waals surface area contributed by atoms with Crippen molar-refractivity contribution in [1.29, 1.82) is 0 Å². The van der Waals surface area contributed by atoms with Crippen LogP contribution in [0.1, 0.15) is 10.4 Å². The molecule has 1 rings (SSSR count). The summed E-state index contributed by atoms with van der Waals surface area (Å²) in [4.78, 5) is 11.4. The van der Waals surface area contributed by atoms with E-state index in [4.69, 9.17) is 5.73 Å². The fraction of sp³-hybridized carbons (Fsp3) is 0.222. The number of hydrogen-bond acceptors (Lipinski definition) is 2. The molecule has 0 atom stereocenters. The number of nitrogens with one attached hydrogen (secondary N) is 1. The van der Waals surface area contributed by atoms with Gasteiger partial charge < -0.3 is 11.1 Å². The number of benzene rings is 1. The number of nitrogen functional groups attached to an aromatic ring is 1. The van der Waals surface area contributed by atoms with E-state index < -0.39 is 24.7 Å². The zero-order valence-electron chi connectivity index (χ0n) is 7.94. The molecular weight excluding hydrogens is 289 g/mol. The van der Waals surface area contributed by atoms with Crippen LogP contribution in [-0.2, 0) is 0 Å². The molecule has 0 aliphatic heterocycles. The quantitative estimate of drug-likeness (QED) is 0.840. The Morgan fingerprint density at radius 3 is 2.69 bits per heavy atom. The second kappa shape index (κ2) is 5.20. The van der Waals surface area contributed by atoms with E-state index in [1.165, 1.54) is 0 Å². The minimum Gasteiger partial charge on any atom is -0.396 e. The third-order valence-corrected chi connectivity index (χ3v) is 2.40. The highest BCUT2D eigenvalue weighted by molar-refractivity contribution is 9.10. The van der Waals surface area contributed by atoms with Crippen LogP contribution in [0, 0.1) is 5.82 Å². The van der Waals surface area contributed by atoms with Gasteiger partial charge in [0.25, 0.3) is 12.3 Å². The molecule has 0 unspecified atom stereocenters. The molecule has 0 aromatic heterocycles. The van der Waals surface area contributed by atoms with Gasteiger partial charge >= 0.3 is 0 Å². The van der Waals surface area contributed by atoms with Gasteiger partial charge in [-0.3, -0.25) is 4.79 Å². The lowest BCUT2D eigenvalue weighted by atomic mass is 10.2. The topological polar surface area (TPSA) is 55.1 Å². The molecule has 1 amide bonds. The molecule has 3 N–H and O–H groups in total. The van der Waals surface area contributed by atoms with Crippen LogP contribution in [0.15, 0.2) is 16.6 Å². The van der Waals surface area contributed by atoms with Crippen molar-refractivity contribution in [3.05, 3.63) is 28.0 Å². The Kier molecular flexibility index (Phi) is 4.17. The zero-order chi connectivity index (χ0) is 12.3. The summed E-state index contributed by atoms with van der Waals surface area (Å²) in [6.07, 6.45) is -2.64. The molecule has 0 saturated carbocycles. The second-order valence-electron chi connectivity index (χ2n) is 2.95. The van der Waals surface area contributed by atoms with Crippen LogP contribution in [0.3, 0.4) is 0 Å². The Bertz CT molecular complexity index is 412. The third-order valence-electron chi connectivity index (χ3n) is 1.75. The van der Waals surface area contributed by atoms with Crippen LogP contribution < -0.4 is 11.1 Å². The minimum atomic E-state index is -2.64. The van der Waals surface area contributed by atoms with E-state index in [1.54, 1.807) is 0 Å². The number of amides is 1. The van der Waals surface area contributed by atoms with E-state index in [2.05, 4.69) is 15.9 Å². The second-order valence-corrected chi connectivity index (χ2v) is 3.81. The highest BCUT2D eigenvalue weighted by atomic mass is 79.9. The summed E-state index contributed by atoms with van der Waals surface area (Å²) in [6.45, 7) is -0.761. The molecule has 0 aliphatic rings. The summed E-state index contributed by atoms with van der Waals surface area (Å²) in [5.41, 5.74) is 5.06. The van der Waals surface area contributed by atoms with Gasteiger partial charge in [0, 0.05) is 4.47 Å². The van der Waals surface area contributed by atoms with Gasteiger partial charge in [0.1, 0.15) is 5.82 Å². The first-order valence-corrected chi connectivity index (χ1v) is 5.02. The van der Waals surface area contributed by atoms with E-state index >= 15 is 0 Å². The van der Waals surface area contributed by atoms with Crippen LogP contribution in [0.4, 0.5) is 18.9 Å². The zero-order valence-corrected chi connectivity index (χ0v) is 9.52. The highest BCUT2D eigenvalue weighted by Gasteiger charge is 2.14. The summed E-state index contributed by atoms with van der Waals surface area (Å²) in [7, 11) is 0. The van der Waals surface area contributed by atoms with Gasteiger partial charge in [-0.15, -0.1) is 0 Å². The molecule has 88 valence electrons. The Morgan fingerprint density at radius 2 is 2.12 bits per heavy atom. The molecular formula is C9H8BrF3N2O. The normalized spacial score (nSPS) is 10.6. The highest BCUT2D eigenvalue weighted by Crippen LogP contribution is 2.22. The molecule has 0 aliphatic carbocycles. The predicted molar refractivity (Wildman–Crippen MR) is 56.8 cm³/mol. The average molecular weight is 297 g/mol. The van der Waals surface area contributed by atoms with Crippen molar-refractivity contribution < 1.29 is 18.0 Å². The fourth-order valence-electron chi connectivity index (χ4n) is 1.00. The molecule has 3 nitrogen and oxygen atoms in total. The predicted octanol–water partition coefficient (Wildman–Crippen LogP) is 2.17. The van der Waals surface area contributed by atoms with Gasteiger partial charge in [0.15, 0.2) is 0 Å². The van der Waals surface area contributed by atoms with Crippen LogP contribution >= 0.6 is 15.9 Å². The summed E-state index contributed by atoms with van der Waals surface area (Å²) in [5, 5.41) is 1.99. The summed E-state index contributed by atoms with van der Waals surface area (Å²) in [5.74, 6) is -1.42. The third kappa shape index (κ3) is 3.13. The SMILES string of the molecule is Nc1cc(C(=O)NCC(F)F)c(Br)cc1F. The first-order chi connectivity index (χ1) is 7.41. The van der Waals surface area contributed by atoms with Crippen LogP contribution in [0.5, 0.6) is 0 Å². The number of anilines is 1. The Morgan fingerprint density at radius 1 is 1.50 bits per heavy atom. The van der Waals surface area contributed by atoms with Crippen molar-refractivity contribution in [3.8, 4) is 0 Å². The smallest absolute Gasteiger partial charge is 0.255 e. The Labute approximate surface area is 97.9 Å². The first-order valence-electron chi connectivity index (χ1n) is 4.22. The Balaban J connectivity index is 2.87. The average Bonchev–Trinajstić information content (AvgIpc) is 2.20. The molecule has 0 bridgehead atoms. The molecule has 0 fully saturated rings. The lowest BCUT2D eigenvalue weighted by Crippen LogP contribution is -2.28. The van der Waals surface area contributed by atoms with Crippen LogP contribution in [-0.4, -0.2) is 18.9 Å². The van der Waals surface area contributed by atoms with Crippen molar-refractivity contribution in [2.75, 3.05) is 12.3 Å². The first kappa shape index (κ1) is 12.8. The Hall–Kier alpha value is -1.24. The van der Waals surface area contributed by atoms with Gasteiger partial charge in [-0.1, -0.05) is 0 Å². The lowest BCUT2D eigenvalue weighted by Gasteiger charge is -2.07. The van der Waals surface area contributed by atoms with Crippen molar-refractivity contribution in [3.63, 3.8) is 0 Å². The molecule has 1 aromatic carbocycles. The van der Waals surface area contributed by atoms with Gasteiger partial charge in [-0.05, 0) is 28.1 Å². The van der Waals surface area contributed by atoms with Crippen molar-refractivity contribution >= 4 is 27.5 Å². The molecule has 0 saturated heterocycles. The van der Waals surface area contributed by atoms with E-state index in [9.17, 15) is 18.0 Å². The maximum atomic E-state index is 12.9. The molecule has 16 heavy (non-hydrogen) atoms. The van der Waals surface area contributed by atoms with E-state index in [0.29, 0.717) is 0 Å². The van der Waals surface area contributed by atoms with Crippen molar-refractivity contribution in [1.82, 2.24) is 5.32 Å². The molecule has 0 radical (unpaired) electrons. The van der Waals surface area contributed by atoms with Gasteiger partial charge in [-0.2, -0.15) is 0 Å². The van der Waals surface area contributed by atoms with Gasteiger partial charge in [0.05, 0.1) is 17.8 Å². The molecule has 0 heterocycles. The number of carbonyl (C=O) groups excluding carboxylic acids is 1. The standard InChI is InChI=1S/C9H8BrF3N2O/c10-5-2-6(11)7(14)1-4(5)9(16)15-3-8(12)13/h1-2,8H,3,14H2,(H,15,16). The number of hydrogen-bond donors (Lipinski definition) is 2. The van der Waals surface area contributed by atoms with Gasteiger partial charge in [0.2, 0.25) is 0 Å². The fourth-order valence-corrected chi connectivity index (χ4v) is 1.50. The molecule has 0 spiro atoms. The monoisotopic (exact) mass is 296 g/mol. The maximum Gasteiger partial charge on any atom is 0.255 e. The minimum absolute atomic E-state index is 0.0135. The van der Waals surface area contributed by atoms with Crippen LogP contribution in [0.25, 0.3) is 0 Å². The van der Waals surface area contributed by atoms with Crippen molar-refractivity contribution in [2.45, 2.75) is 6.43 Å². The van der Waals surface area contributed by atoms with Crippen LogP contribution in [0.2, 0.25) is 0 Å². The molecule has 7 heteroatoms. The lowest BCUT2D eigenvalue weighted by molar-refractivity contribution is 0.0891. The van der Waals surface area contributed by atoms with E-state index in [0.717, 1.165) is 12.1 Å². The van der Waals surface area contributed by atoms with Gasteiger partial charge in [-0.25, -0.2) is 13.2 Å². The number of alkyl halides is 2. The maximum absolute atomic E-state index is 12.9. The van der Waals surface area contributed by atoms with E-state index in [1.807, 2.05) is 5.32 Å². The largest absolute Gasteiger partial charge is 0.396 e. The number of carbonyl (C=O) groups is 1. The summed E-state index contributed by atoms with van der Waals surface area (Å²) in [6, 6.07) is 2.09. The van der Waals surface area contributed by atoms with Crippen molar-refractivity contribution in [2.24, 2.45) is 0 Å². The number of nitrogens with two attached hydrogens (primary N) is 1. The van der Waals surface area contributed by atoms with E-state index in [-0.39, 0.29) is 15.7 Å².